The highest BCUT2D eigenvalue weighted by Crippen LogP contribution is 2.39. The van der Waals surface area contributed by atoms with Crippen molar-refractivity contribution in [2.24, 2.45) is 0 Å². The van der Waals surface area contributed by atoms with Gasteiger partial charge in [0.1, 0.15) is 0 Å². The highest BCUT2D eigenvalue weighted by molar-refractivity contribution is 6.30. The lowest BCUT2D eigenvalue weighted by Gasteiger charge is -2.40. The number of nitrogens with one attached hydrogen (secondary N) is 1. The van der Waals surface area contributed by atoms with Crippen molar-refractivity contribution in [2.75, 3.05) is 29.2 Å². The van der Waals surface area contributed by atoms with Crippen LogP contribution in [0.3, 0.4) is 0 Å². The fourth-order valence-corrected chi connectivity index (χ4v) is 4.17. The molecule has 0 aromatic heterocycles. The zero-order valence-electron chi connectivity index (χ0n) is 17.5. The van der Waals surface area contributed by atoms with Gasteiger partial charge in [-0.2, -0.15) is 0 Å². The Labute approximate surface area is 183 Å². The van der Waals surface area contributed by atoms with Gasteiger partial charge in [-0.3, -0.25) is 4.79 Å². The maximum atomic E-state index is 13.4. The van der Waals surface area contributed by atoms with Crippen molar-refractivity contribution in [1.82, 2.24) is 0 Å². The molecule has 1 aliphatic rings. The van der Waals surface area contributed by atoms with E-state index in [4.69, 9.17) is 11.6 Å². The number of hydrogen-bond donors (Lipinski definition) is 1. The van der Waals surface area contributed by atoms with Crippen LogP contribution in [0.1, 0.15) is 35.3 Å². The van der Waals surface area contributed by atoms with Crippen LogP contribution in [0.2, 0.25) is 5.02 Å². The topological polar surface area (TPSA) is 35.6 Å². The molecule has 0 unspecified atom stereocenters. The average Bonchev–Trinajstić information content (AvgIpc) is 2.75. The van der Waals surface area contributed by atoms with Crippen LogP contribution in [0, 0.1) is 0 Å². The van der Waals surface area contributed by atoms with Crippen molar-refractivity contribution in [3.63, 3.8) is 0 Å². The molecule has 1 N–H and O–H groups in total. The molecule has 0 aliphatic carbocycles. The van der Waals surface area contributed by atoms with E-state index in [0.29, 0.717) is 5.56 Å². The van der Waals surface area contributed by atoms with Gasteiger partial charge in [-0.25, -0.2) is 0 Å². The maximum Gasteiger partial charge on any atom is 0.258 e. The lowest BCUT2D eigenvalue weighted by atomic mass is 9.90. The number of carbonyl (C=O) groups excluding carboxylic acids is 1. The van der Waals surface area contributed by atoms with E-state index in [2.05, 4.69) is 18.3 Å². The molecule has 0 fully saturated rings. The molecule has 1 aliphatic heterocycles. The predicted molar refractivity (Wildman–Crippen MR) is 126 cm³/mol. The molecular weight excluding hydrogens is 394 g/mol. The minimum Gasteiger partial charge on any atom is -0.378 e. The van der Waals surface area contributed by atoms with Crippen LogP contribution >= 0.6 is 11.6 Å². The molecule has 2 atom stereocenters. The lowest BCUT2D eigenvalue weighted by Crippen LogP contribution is -2.44. The van der Waals surface area contributed by atoms with Crippen molar-refractivity contribution in [1.29, 1.82) is 0 Å². The van der Waals surface area contributed by atoms with Gasteiger partial charge in [0.05, 0.1) is 6.04 Å². The summed E-state index contributed by atoms with van der Waals surface area (Å²) in [5.74, 6) is 0.0326. The summed E-state index contributed by atoms with van der Waals surface area (Å²) in [6.07, 6.45) is 0.821. The molecule has 1 amide bonds. The van der Waals surface area contributed by atoms with Gasteiger partial charge in [-0.15, -0.1) is 0 Å². The minimum atomic E-state index is 0.0326. The largest absolute Gasteiger partial charge is 0.378 e. The third-order valence-electron chi connectivity index (χ3n) is 5.62. The quantitative estimate of drug-likeness (QED) is 0.563. The summed E-state index contributed by atoms with van der Waals surface area (Å²) in [5, 5.41) is 4.33. The number of nitrogens with zero attached hydrogens (tertiary/aromatic N) is 2. The Morgan fingerprint density at radius 3 is 2.33 bits per heavy atom. The van der Waals surface area contributed by atoms with Gasteiger partial charge in [-0.05, 0) is 73.5 Å². The highest BCUT2D eigenvalue weighted by atomic mass is 35.5. The SMILES string of the molecule is C[C@@H]1C[C@H](Nc2ccc(Cl)cc2)c2ccccc2N1C(=O)c1ccc(N(C)C)cc1. The Hall–Kier alpha value is -2.98. The van der Waals surface area contributed by atoms with E-state index in [1.807, 2.05) is 90.6 Å². The normalized spacial score (nSPS) is 17.9. The highest BCUT2D eigenvalue weighted by Gasteiger charge is 2.34. The zero-order valence-corrected chi connectivity index (χ0v) is 18.2. The Morgan fingerprint density at radius 1 is 1.00 bits per heavy atom. The van der Waals surface area contributed by atoms with E-state index in [0.717, 1.165) is 34.1 Å². The first-order chi connectivity index (χ1) is 14.4. The van der Waals surface area contributed by atoms with Crippen molar-refractivity contribution in [3.8, 4) is 0 Å². The molecular formula is C25H26ClN3O. The first-order valence-corrected chi connectivity index (χ1v) is 10.5. The van der Waals surface area contributed by atoms with Crippen LogP contribution in [0.25, 0.3) is 0 Å². The monoisotopic (exact) mass is 419 g/mol. The fourth-order valence-electron chi connectivity index (χ4n) is 4.05. The van der Waals surface area contributed by atoms with Crippen LogP contribution in [0.15, 0.2) is 72.8 Å². The fraction of sp³-hybridized carbons (Fsp3) is 0.240. The Morgan fingerprint density at radius 2 is 1.67 bits per heavy atom. The number of benzene rings is 3. The summed E-state index contributed by atoms with van der Waals surface area (Å²) < 4.78 is 0. The van der Waals surface area contributed by atoms with Gasteiger partial charge in [-0.1, -0.05) is 29.8 Å². The minimum absolute atomic E-state index is 0.0326. The molecule has 4 nitrogen and oxygen atoms in total. The second kappa shape index (κ2) is 8.41. The molecule has 3 aromatic carbocycles. The average molecular weight is 420 g/mol. The first kappa shape index (κ1) is 20.3. The number of amides is 1. The van der Waals surface area contributed by atoms with Gasteiger partial charge in [0.25, 0.3) is 5.91 Å². The summed E-state index contributed by atoms with van der Waals surface area (Å²) in [6.45, 7) is 2.11. The molecule has 154 valence electrons. The summed E-state index contributed by atoms with van der Waals surface area (Å²) in [4.78, 5) is 17.4. The molecule has 30 heavy (non-hydrogen) atoms. The number of fused-ring (bicyclic) bond motifs is 1. The first-order valence-electron chi connectivity index (χ1n) is 10.2. The number of carbonyl (C=O) groups is 1. The smallest absolute Gasteiger partial charge is 0.258 e. The summed E-state index contributed by atoms with van der Waals surface area (Å²) >= 11 is 6.02. The Kier molecular flexibility index (Phi) is 5.69. The van der Waals surface area contributed by atoms with E-state index in [1.165, 1.54) is 0 Å². The molecule has 1 heterocycles. The number of para-hydroxylation sites is 1. The predicted octanol–water partition coefficient (Wildman–Crippen LogP) is 6.00. The van der Waals surface area contributed by atoms with Crippen LogP contribution in [0.5, 0.6) is 0 Å². The standard InChI is InChI=1S/C25H26ClN3O/c1-17-16-23(27-20-12-10-19(26)11-13-20)22-6-4-5-7-24(22)29(17)25(30)18-8-14-21(15-9-18)28(2)3/h4-15,17,23,27H,16H2,1-3H3/t17-,23+/m1/s1. The lowest BCUT2D eigenvalue weighted by molar-refractivity contribution is 0.0974. The summed E-state index contributed by atoms with van der Waals surface area (Å²) in [5.41, 5.74) is 4.89. The number of anilines is 3. The molecule has 4 rings (SSSR count). The van der Waals surface area contributed by atoms with Gasteiger partial charge < -0.3 is 15.1 Å². The van der Waals surface area contributed by atoms with E-state index < -0.39 is 0 Å². The zero-order chi connectivity index (χ0) is 21.3. The molecule has 0 bridgehead atoms. The Bertz CT molecular complexity index is 1030. The van der Waals surface area contributed by atoms with Crippen LogP contribution < -0.4 is 15.1 Å². The van der Waals surface area contributed by atoms with Crippen molar-refractivity contribution >= 4 is 34.6 Å². The van der Waals surface area contributed by atoms with E-state index >= 15 is 0 Å². The van der Waals surface area contributed by atoms with Crippen LogP contribution in [-0.2, 0) is 0 Å². The van der Waals surface area contributed by atoms with E-state index in [9.17, 15) is 4.79 Å². The van der Waals surface area contributed by atoms with Gasteiger partial charge in [0, 0.05) is 47.8 Å². The molecule has 0 saturated heterocycles. The van der Waals surface area contributed by atoms with Gasteiger partial charge >= 0.3 is 0 Å². The molecule has 0 radical (unpaired) electrons. The van der Waals surface area contributed by atoms with Gasteiger partial charge in [0.2, 0.25) is 0 Å². The number of hydrogen-bond acceptors (Lipinski definition) is 3. The summed E-state index contributed by atoms with van der Waals surface area (Å²) in [7, 11) is 3.99. The number of rotatable bonds is 4. The van der Waals surface area contributed by atoms with Crippen molar-refractivity contribution in [2.45, 2.75) is 25.4 Å². The molecule has 0 saturated carbocycles. The third-order valence-corrected chi connectivity index (χ3v) is 5.88. The van der Waals surface area contributed by atoms with Crippen molar-refractivity contribution < 1.29 is 4.79 Å². The van der Waals surface area contributed by atoms with E-state index in [-0.39, 0.29) is 18.0 Å². The van der Waals surface area contributed by atoms with E-state index in [1.54, 1.807) is 0 Å². The van der Waals surface area contributed by atoms with Crippen LogP contribution in [-0.4, -0.2) is 26.0 Å². The second-order valence-electron chi connectivity index (χ2n) is 7.96. The second-order valence-corrected chi connectivity index (χ2v) is 8.40. The Balaban J connectivity index is 1.64. The molecule has 3 aromatic rings. The summed E-state index contributed by atoms with van der Waals surface area (Å²) in [6, 6.07) is 23.9. The molecule has 0 spiro atoms. The van der Waals surface area contributed by atoms with Gasteiger partial charge in [0.15, 0.2) is 0 Å². The third kappa shape index (κ3) is 4.01. The van der Waals surface area contributed by atoms with Crippen LogP contribution in [0.4, 0.5) is 17.1 Å². The van der Waals surface area contributed by atoms with Crippen molar-refractivity contribution in [3.05, 3.63) is 88.9 Å². The number of halogens is 1. The maximum absolute atomic E-state index is 13.4. The molecule has 5 heteroatoms.